The van der Waals surface area contributed by atoms with Gasteiger partial charge in [-0.3, -0.25) is 9.69 Å². The number of carbonyl (C=O) groups excluding carboxylic acids is 1. The molecule has 0 radical (unpaired) electrons. The summed E-state index contributed by atoms with van der Waals surface area (Å²) in [5, 5.41) is 6.97. The van der Waals surface area contributed by atoms with Gasteiger partial charge in [-0.25, -0.2) is 0 Å². The second-order valence-corrected chi connectivity index (χ2v) is 6.94. The Labute approximate surface area is 141 Å². The van der Waals surface area contributed by atoms with Crippen LogP contribution < -0.4 is 5.32 Å². The van der Waals surface area contributed by atoms with Crippen molar-refractivity contribution in [1.82, 2.24) is 15.4 Å². The van der Waals surface area contributed by atoms with Gasteiger partial charge in [0.2, 0.25) is 0 Å². The van der Waals surface area contributed by atoms with Gasteiger partial charge in [0, 0.05) is 50.2 Å². The maximum Gasteiger partial charge on any atom is 0.273 e. The van der Waals surface area contributed by atoms with Crippen LogP contribution in [0.25, 0.3) is 0 Å². The summed E-state index contributed by atoms with van der Waals surface area (Å²) in [6.45, 7) is 5.53. The monoisotopic (exact) mass is 335 g/mol. The van der Waals surface area contributed by atoms with E-state index in [0.717, 1.165) is 64.5 Å². The highest BCUT2D eigenvalue weighted by atomic mass is 16.5. The van der Waals surface area contributed by atoms with Crippen molar-refractivity contribution < 1.29 is 18.8 Å². The number of hydrogen-bond donors (Lipinski definition) is 1. The lowest BCUT2D eigenvalue weighted by molar-refractivity contribution is 0.00164. The molecule has 24 heavy (non-hydrogen) atoms. The number of rotatable bonds is 6. The molecular weight excluding hydrogens is 310 g/mol. The molecule has 1 N–H and O–H groups in total. The third kappa shape index (κ3) is 3.63. The van der Waals surface area contributed by atoms with Gasteiger partial charge in [-0.1, -0.05) is 5.16 Å². The van der Waals surface area contributed by atoms with E-state index >= 15 is 0 Å². The fourth-order valence-corrected chi connectivity index (χ4v) is 3.60. The molecule has 2 aliphatic heterocycles. The van der Waals surface area contributed by atoms with Crippen molar-refractivity contribution in [2.75, 3.05) is 46.1 Å². The lowest BCUT2D eigenvalue weighted by Crippen LogP contribution is -2.52. The van der Waals surface area contributed by atoms with E-state index in [4.69, 9.17) is 14.0 Å². The van der Waals surface area contributed by atoms with E-state index in [0.29, 0.717) is 24.1 Å². The highest BCUT2D eigenvalue weighted by molar-refractivity contribution is 5.92. The van der Waals surface area contributed by atoms with Gasteiger partial charge in [-0.15, -0.1) is 0 Å². The predicted octanol–water partition coefficient (Wildman–Crippen LogP) is 1.02. The summed E-state index contributed by atoms with van der Waals surface area (Å²) in [6, 6.07) is 2.07. The number of nitrogens with zero attached hydrogens (tertiary/aromatic N) is 2. The molecule has 3 heterocycles. The van der Waals surface area contributed by atoms with Gasteiger partial charge >= 0.3 is 0 Å². The van der Waals surface area contributed by atoms with Gasteiger partial charge < -0.3 is 19.3 Å². The second-order valence-electron chi connectivity index (χ2n) is 6.94. The van der Waals surface area contributed by atoms with E-state index in [9.17, 15) is 4.79 Å². The highest BCUT2D eigenvalue weighted by Crippen LogP contribution is 2.40. The third-order valence-corrected chi connectivity index (χ3v) is 5.24. The summed E-state index contributed by atoms with van der Waals surface area (Å²) < 4.78 is 16.3. The Morgan fingerprint density at radius 3 is 2.79 bits per heavy atom. The van der Waals surface area contributed by atoms with Gasteiger partial charge in [-0.05, 0) is 19.3 Å². The van der Waals surface area contributed by atoms with Crippen molar-refractivity contribution in [1.29, 1.82) is 0 Å². The topological polar surface area (TPSA) is 76.8 Å². The molecule has 3 fully saturated rings. The first kappa shape index (κ1) is 16.1. The lowest BCUT2D eigenvalue weighted by atomic mass is 9.97. The second kappa shape index (κ2) is 7.21. The highest BCUT2D eigenvalue weighted by Gasteiger charge is 2.32. The van der Waals surface area contributed by atoms with Crippen LogP contribution in [0, 0.1) is 5.92 Å². The van der Waals surface area contributed by atoms with E-state index in [1.807, 2.05) is 0 Å². The summed E-state index contributed by atoms with van der Waals surface area (Å²) in [5.74, 6) is 1.62. The van der Waals surface area contributed by atoms with Crippen LogP contribution in [0.1, 0.15) is 41.4 Å². The van der Waals surface area contributed by atoms with E-state index in [2.05, 4.69) is 15.4 Å². The maximum atomic E-state index is 12.4. The molecule has 7 nitrogen and oxygen atoms in total. The number of nitrogens with one attached hydrogen (secondary N) is 1. The number of morpholine rings is 1. The molecule has 1 aromatic heterocycles. The van der Waals surface area contributed by atoms with Gasteiger partial charge in [0.15, 0.2) is 5.69 Å². The zero-order chi connectivity index (χ0) is 16.4. The van der Waals surface area contributed by atoms with Gasteiger partial charge in [0.25, 0.3) is 5.91 Å². The van der Waals surface area contributed by atoms with Crippen LogP contribution in [0.5, 0.6) is 0 Å². The molecule has 0 bridgehead atoms. The van der Waals surface area contributed by atoms with Crippen molar-refractivity contribution in [3.63, 3.8) is 0 Å². The molecule has 132 valence electrons. The molecule has 2 atom stereocenters. The molecular formula is C17H25N3O4. The SMILES string of the molecule is O=C(NC[C@@H]([C@H]1CCOC1)N1CCOCC1)c1cc(C2CC2)on1. The molecule has 1 saturated carbocycles. The average molecular weight is 335 g/mol. The van der Waals surface area contributed by atoms with Crippen LogP contribution >= 0.6 is 0 Å². The summed E-state index contributed by atoms with van der Waals surface area (Å²) >= 11 is 0. The van der Waals surface area contributed by atoms with Crippen molar-refractivity contribution >= 4 is 5.91 Å². The van der Waals surface area contributed by atoms with Crippen LogP contribution in [0.3, 0.4) is 0 Å². The number of amides is 1. The fourth-order valence-electron chi connectivity index (χ4n) is 3.60. The van der Waals surface area contributed by atoms with Crippen LogP contribution in [-0.2, 0) is 9.47 Å². The summed E-state index contributed by atoms with van der Waals surface area (Å²) in [7, 11) is 0. The first-order chi connectivity index (χ1) is 11.8. The Kier molecular flexibility index (Phi) is 4.82. The van der Waals surface area contributed by atoms with Crippen LogP contribution in [0.2, 0.25) is 0 Å². The van der Waals surface area contributed by atoms with Crippen LogP contribution in [0.4, 0.5) is 0 Å². The minimum absolute atomic E-state index is 0.150. The Hall–Kier alpha value is -1.44. The standard InChI is InChI=1S/C17H25N3O4/c21-17(14-9-16(24-19-14)12-1-2-12)18-10-15(13-3-6-23-11-13)20-4-7-22-8-5-20/h9,12-13,15H,1-8,10-11H2,(H,18,21)/t13-,15-/m0/s1. The van der Waals surface area contributed by atoms with Crippen molar-refractivity contribution in [3.8, 4) is 0 Å². The summed E-state index contributed by atoms with van der Waals surface area (Å²) in [4.78, 5) is 14.8. The smallest absolute Gasteiger partial charge is 0.273 e. The Balaban J connectivity index is 1.36. The van der Waals surface area contributed by atoms with Gasteiger partial charge in [0.05, 0.1) is 19.8 Å². The number of hydrogen-bond acceptors (Lipinski definition) is 6. The summed E-state index contributed by atoms with van der Waals surface area (Å²) in [5.41, 5.74) is 0.389. The Morgan fingerprint density at radius 1 is 1.25 bits per heavy atom. The molecule has 4 rings (SSSR count). The normalized spacial score (nSPS) is 26.4. The van der Waals surface area contributed by atoms with Gasteiger partial charge in [0.1, 0.15) is 5.76 Å². The van der Waals surface area contributed by atoms with Gasteiger partial charge in [-0.2, -0.15) is 0 Å². The van der Waals surface area contributed by atoms with Crippen LogP contribution in [0.15, 0.2) is 10.6 Å². The molecule has 1 amide bonds. The first-order valence-corrected chi connectivity index (χ1v) is 8.95. The average Bonchev–Trinajstić information content (AvgIpc) is 3.12. The zero-order valence-electron chi connectivity index (χ0n) is 13.9. The zero-order valence-corrected chi connectivity index (χ0v) is 13.9. The Bertz CT molecular complexity index is 560. The molecule has 7 heteroatoms. The Morgan fingerprint density at radius 2 is 2.08 bits per heavy atom. The largest absolute Gasteiger partial charge is 0.381 e. The fraction of sp³-hybridized carbons (Fsp3) is 0.765. The quantitative estimate of drug-likeness (QED) is 0.836. The van der Waals surface area contributed by atoms with E-state index in [-0.39, 0.29) is 11.9 Å². The first-order valence-electron chi connectivity index (χ1n) is 8.95. The molecule has 2 saturated heterocycles. The van der Waals surface area contributed by atoms with Crippen molar-refractivity contribution in [2.45, 2.75) is 31.2 Å². The molecule has 3 aliphatic rings. The number of aromatic nitrogens is 1. The van der Waals surface area contributed by atoms with Crippen molar-refractivity contribution in [3.05, 3.63) is 17.5 Å². The molecule has 1 aliphatic carbocycles. The molecule has 1 aromatic rings. The molecule has 0 spiro atoms. The minimum atomic E-state index is -0.150. The van der Waals surface area contributed by atoms with Crippen LogP contribution in [-0.4, -0.2) is 68.1 Å². The number of ether oxygens (including phenoxy) is 2. The minimum Gasteiger partial charge on any atom is -0.381 e. The molecule has 0 aromatic carbocycles. The molecule has 0 unspecified atom stereocenters. The maximum absolute atomic E-state index is 12.4. The van der Waals surface area contributed by atoms with E-state index < -0.39 is 0 Å². The third-order valence-electron chi connectivity index (χ3n) is 5.24. The lowest BCUT2D eigenvalue weighted by Gasteiger charge is -2.37. The predicted molar refractivity (Wildman–Crippen MR) is 85.9 cm³/mol. The summed E-state index contributed by atoms with van der Waals surface area (Å²) in [6.07, 6.45) is 3.32. The van der Waals surface area contributed by atoms with Crippen molar-refractivity contribution in [2.24, 2.45) is 5.92 Å². The van der Waals surface area contributed by atoms with E-state index in [1.165, 1.54) is 0 Å². The number of carbonyl (C=O) groups is 1. The van der Waals surface area contributed by atoms with E-state index in [1.54, 1.807) is 6.07 Å².